The molecule has 5 nitrogen and oxygen atoms in total. The predicted octanol–water partition coefficient (Wildman–Crippen LogP) is 1.91. The Balaban J connectivity index is 1.89. The van der Waals surface area contributed by atoms with Crippen LogP contribution in [-0.2, 0) is 6.54 Å². The molecular weight excluding hydrogens is 292 g/mol. The Labute approximate surface area is 134 Å². The largest absolute Gasteiger partial charge is 0.395 e. The zero-order valence-electron chi connectivity index (χ0n) is 12.9. The summed E-state index contributed by atoms with van der Waals surface area (Å²) in [5.74, 6) is -0.571. The number of amides is 2. The van der Waals surface area contributed by atoms with Gasteiger partial charge in [-0.15, -0.1) is 0 Å². The fourth-order valence-corrected chi connectivity index (χ4v) is 2.78. The molecule has 0 saturated carbocycles. The van der Waals surface area contributed by atoms with E-state index in [9.17, 15) is 9.59 Å². The summed E-state index contributed by atoms with van der Waals surface area (Å²) in [5, 5.41) is 8.97. The third-order valence-electron chi connectivity index (χ3n) is 3.90. The van der Waals surface area contributed by atoms with E-state index < -0.39 is 0 Å². The Morgan fingerprint density at radius 1 is 1.00 bits per heavy atom. The molecule has 0 spiro atoms. The van der Waals surface area contributed by atoms with Crippen molar-refractivity contribution in [3.8, 4) is 0 Å². The van der Waals surface area contributed by atoms with E-state index in [0.29, 0.717) is 29.9 Å². The van der Waals surface area contributed by atoms with E-state index in [4.69, 9.17) is 5.11 Å². The number of nitrogens with zero attached hydrogens (tertiary/aromatic N) is 2. The highest BCUT2D eigenvalue weighted by molar-refractivity contribution is 6.34. The van der Waals surface area contributed by atoms with Crippen LogP contribution in [0.5, 0.6) is 0 Å². The minimum atomic E-state index is -0.286. The Kier molecular flexibility index (Phi) is 4.23. The van der Waals surface area contributed by atoms with Crippen molar-refractivity contribution in [1.82, 2.24) is 4.90 Å². The van der Waals surface area contributed by atoms with Gasteiger partial charge in [0.05, 0.1) is 23.4 Å². The second-order valence-corrected chi connectivity index (χ2v) is 5.62. The summed E-state index contributed by atoms with van der Waals surface area (Å²) < 4.78 is 0. The number of anilines is 1. The number of imide groups is 1. The fourth-order valence-electron chi connectivity index (χ4n) is 2.78. The molecular formula is C18H18N2O3. The first-order valence-corrected chi connectivity index (χ1v) is 7.48. The highest BCUT2D eigenvalue weighted by atomic mass is 16.3. The smallest absolute Gasteiger partial charge is 0.266 e. The van der Waals surface area contributed by atoms with Crippen LogP contribution < -0.4 is 4.90 Å². The molecule has 1 aliphatic rings. The summed E-state index contributed by atoms with van der Waals surface area (Å²) in [5.41, 5.74) is 2.45. The molecule has 1 aliphatic heterocycles. The number of rotatable bonds is 5. The molecule has 0 atom stereocenters. The summed E-state index contributed by atoms with van der Waals surface area (Å²) in [6, 6.07) is 14.2. The van der Waals surface area contributed by atoms with Crippen molar-refractivity contribution in [2.45, 2.75) is 6.54 Å². The van der Waals surface area contributed by atoms with Crippen LogP contribution in [0, 0.1) is 0 Å². The van der Waals surface area contributed by atoms with Crippen molar-refractivity contribution in [1.29, 1.82) is 0 Å². The molecule has 0 unspecified atom stereocenters. The van der Waals surface area contributed by atoms with Crippen molar-refractivity contribution in [2.75, 3.05) is 25.1 Å². The van der Waals surface area contributed by atoms with Crippen LogP contribution in [0.25, 0.3) is 0 Å². The van der Waals surface area contributed by atoms with Gasteiger partial charge in [0.2, 0.25) is 0 Å². The summed E-state index contributed by atoms with van der Waals surface area (Å²) >= 11 is 0. The lowest BCUT2D eigenvalue weighted by molar-refractivity contribution is 0.0926. The number of hydrogen-bond acceptors (Lipinski definition) is 4. The van der Waals surface area contributed by atoms with Gasteiger partial charge in [0.1, 0.15) is 0 Å². The number of aliphatic hydroxyl groups excluding tert-OH is 1. The topological polar surface area (TPSA) is 60.9 Å². The van der Waals surface area contributed by atoms with Crippen molar-refractivity contribution in [3.63, 3.8) is 0 Å². The Morgan fingerprint density at radius 2 is 1.65 bits per heavy atom. The normalized spacial score (nSPS) is 13.8. The molecule has 3 rings (SSSR count). The maximum Gasteiger partial charge on any atom is 0.266 e. The molecule has 5 heteroatoms. The zero-order valence-corrected chi connectivity index (χ0v) is 12.9. The minimum Gasteiger partial charge on any atom is -0.395 e. The maximum atomic E-state index is 12.5. The Morgan fingerprint density at radius 3 is 2.26 bits per heavy atom. The second kappa shape index (κ2) is 6.32. The van der Waals surface area contributed by atoms with E-state index in [1.54, 1.807) is 30.3 Å². The third kappa shape index (κ3) is 2.88. The van der Waals surface area contributed by atoms with Crippen LogP contribution in [0.2, 0.25) is 0 Å². The van der Waals surface area contributed by atoms with Crippen LogP contribution in [0.1, 0.15) is 26.3 Å². The molecule has 0 aromatic heterocycles. The lowest BCUT2D eigenvalue weighted by Gasteiger charge is -2.18. The lowest BCUT2D eigenvalue weighted by atomic mass is 10.1. The molecule has 0 radical (unpaired) electrons. The first kappa shape index (κ1) is 15.4. The SMILES string of the molecule is CN(CCO)Cc1cccc(N2C(=O)c3ccccc3C2=O)c1. The standard InChI is InChI=1S/C18H18N2O3/c1-19(9-10-21)12-13-5-4-6-14(11-13)20-17(22)15-7-2-3-8-16(15)18(20)23/h2-8,11,21H,9-10,12H2,1H3. The highest BCUT2D eigenvalue weighted by Gasteiger charge is 2.36. The lowest BCUT2D eigenvalue weighted by Crippen LogP contribution is -2.29. The molecule has 0 bridgehead atoms. The maximum absolute atomic E-state index is 12.5. The first-order valence-electron chi connectivity index (χ1n) is 7.48. The summed E-state index contributed by atoms with van der Waals surface area (Å²) in [7, 11) is 1.91. The highest BCUT2D eigenvalue weighted by Crippen LogP contribution is 2.28. The molecule has 0 saturated heterocycles. The van der Waals surface area contributed by atoms with Gasteiger partial charge in [0.25, 0.3) is 11.8 Å². The fraction of sp³-hybridized carbons (Fsp3) is 0.222. The molecule has 23 heavy (non-hydrogen) atoms. The number of fused-ring (bicyclic) bond motifs is 1. The number of carbonyl (C=O) groups excluding carboxylic acids is 2. The van der Waals surface area contributed by atoms with Crippen LogP contribution in [0.15, 0.2) is 48.5 Å². The van der Waals surface area contributed by atoms with Gasteiger partial charge in [-0.1, -0.05) is 24.3 Å². The number of likely N-dealkylation sites (N-methyl/N-ethyl adjacent to an activating group) is 1. The molecule has 2 amide bonds. The third-order valence-corrected chi connectivity index (χ3v) is 3.90. The molecule has 1 N–H and O–H groups in total. The average molecular weight is 310 g/mol. The van der Waals surface area contributed by atoms with E-state index in [2.05, 4.69) is 0 Å². The van der Waals surface area contributed by atoms with Crippen LogP contribution >= 0.6 is 0 Å². The van der Waals surface area contributed by atoms with Gasteiger partial charge in [0, 0.05) is 13.1 Å². The Hall–Kier alpha value is -2.50. The van der Waals surface area contributed by atoms with E-state index in [0.717, 1.165) is 5.56 Å². The number of aliphatic hydroxyl groups is 1. The van der Waals surface area contributed by atoms with Gasteiger partial charge in [-0.3, -0.25) is 14.5 Å². The summed E-state index contributed by atoms with van der Waals surface area (Å²) in [6.07, 6.45) is 0. The number of carbonyl (C=O) groups is 2. The monoisotopic (exact) mass is 310 g/mol. The van der Waals surface area contributed by atoms with Crippen molar-refractivity contribution >= 4 is 17.5 Å². The Bertz CT molecular complexity index is 722. The zero-order chi connectivity index (χ0) is 16.4. The molecule has 118 valence electrons. The summed E-state index contributed by atoms with van der Waals surface area (Å²) in [4.78, 5) is 28.2. The van der Waals surface area contributed by atoms with Crippen molar-refractivity contribution in [2.24, 2.45) is 0 Å². The second-order valence-electron chi connectivity index (χ2n) is 5.62. The van der Waals surface area contributed by atoms with Crippen LogP contribution in [0.3, 0.4) is 0 Å². The molecule has 2 aromatic rings. The average Bonchev–Trinajstić information content (AvgIpc) is 2.80. The van der Waals surface area contributed by atoms with E-state index in [1.807, 2.05) is 30.1 Å². The van der Waals surface area contributed by atoms with Gasteiger partial charge in [-0.25, -0.2) is 4.90 Å². The number of hydrogen-bond donors (Lipinski definition) is 1. The van der Waals surface area contributed by atoms with Crippen LogP contribution in [0.4, 0.5) is 5.69 Å². The van der Waals surface area contributed by atoms with Gasteiger partial charge >= 0.3 is 0 Å². The van der Waals surface area contributed by atoms with Crippen molar-refractivity contribution < 1.29 is 14.7 Å². The summed E-state index contributed by atoms with van der Waals surface area (Å²) in [6.45, 7) is 1.30. The van der Waals surface area contributed by atoms with E-state index >= 15 is 0 Å². The quantitative estimate of drug-likeness (QED) is 0.857. The number of benzene rings is 2. The van der Waals surface area contributed by atoms with E-state index in [1.165, 1.54) is 4.90 Å². The van der Waals surface area contributed by atoms with Gasteiger partial charge in [0.15, 0.2) is 0 Å². The van der Waals surface area contributed by atoms with E-state index in [-0.39, 0.29) is 18.4 Å². The minimum absolute atomic E-state index is 0.0919. The van der Waals surface area contributed by atoms with Gasteiger partial charge in [-0.2, -0.15) is 0 Å². The van der Waals surface area contributed by atoms with Gasteiger partial charge < -0.3 is 5.11 Å². The predicted molar refractivity (Wildman–Crippen MR) is 87.4 cm³/mol. The molecule has 0 fully saturated rings. The molecule has 0 aliphatic carbocycles. The van der Waals surface area contributed by atoms with Crippen LogP contribution in [-0.4, -0.2) is 42.0 Å². The first-order chi connectivity index (χ1) is 11.1. The van der Waals surface area contributed by atoms with Crippen molar-refractivity contribution in [3.05, 3.63) is 65.2 Å². The molecule has 1 heterocycles. The molecule has 2 aromatic carbocycles. The van der Waals surface area contributed by atoms with Gasteiger partial charge in [-0.05, 0) is 36.9 Å².